The molecule has 13 heteroatoms. The molecule has 2 unspecified atom stereocenters. The van der Waals surface area contributed by atoms with Gasteiger partial charge in [0.2, 0.25) is 5.91 Å². The van der Waals surface area contributed by atoms with E-state index in [0.29, 0.717) is 17.3 Å². The second-order valence-corrected chi connectivity index (χ2v) is 12.3. The summed E-state index contributed by atoms with van der Waals surface area (Å²) in [5.41, 5.74) is 2.25. The third-order valence-corrected chi connectivity index (χ3v) is 7.89. The second-order valence-electron chi connectivity index (χ2n) is 12.3. The van der Waals surface area contributed by atoms with E-state index in [1.165, 1.54) is 6.33 Å². The molecule has 0 radical (unpaired) electrons. The normalized spacial score (nSPS) is 13.4. The van der Waals surface area contributed by atoms with Crippen LogP contribution in [0.15, 0.2) is 53.8 Å². The average molecular weight is 641 g/mol. The van der Waals surface area contributed by atoms with Gasteiger partial charge >= 0.3 is 12.1 Å². The van der Waals surface area contributed by atoms with Crippen molar-refractivity contribution in [3.05, 3.63) is 87.2 Å². The number of likely N-dealkylation sites (N-methyl/N-ethyl adjacent to an activating group) is 1. The van der Waals surface area contributed by atoms with Crippen LogP contribution in [0.1, 0.15) is 66.6 Å². The molecule has 2 N–H and O–H groups in total. The summed E-state index contributed by atoms with van der Waals surface area (Å²) in [5, 5.41) is 20.9. The number of aryl methyl sites for hydroxylation is 2. The summed E-state index contributed by atoms with van der Waals surface area (Å²) in [6.07, 6.45) is -0.740. The minimum Gasteiger partial charge on any atom is -0.481 e. The highest BCUT2D eigenvalue weighted by molar-refractivity contribution is 5.82. The van der Waals surface area contributed by atoms with Crippen LogP contribution < -0.4 is 10.9 Å². The second kappa shape index (κ2) is 13.9. The fourth-order valence-corrected chi connectivity index (χ4v) is 5.74. The van der Waals surface area contributed by atoms with Gasteiger partial charge in [0.15, 0.2) is 5.65 Å². The number of alkyl halides is 3. The standard InChI is InChI=1S/C33H39F3N6O4/c1-19(2)12-27(42-17-22(10-11-40(5)6)25(14-28(42)43)33(34,35)36)32(46)38-26(15-29(44)45)24-13-23(16-41-18-37-39-31(24)41)30-20(3)8-7-9-21(30)4/h7-9,13-14,16-19,26-27H,10-12,15H2,1-6H3,(H,38,46)(H,44,45). The van der Waals surface area contributed by atoms with Crippen molar-refractivity contribution in [2.45, 2.75) is 65.2 Å². The van der Waals surface area contributed by atoms with E-state index in [1.54, 1.807) is 29.5 Å². The largest absolute Gasteiger partial charge is 0.481 e. The van der Waals surface area contributed by atoms with Crippen LogP contribution in [-0.2, 0) is 22.2 Å². The van der Waals surface area contributed by atoms with E-state index in [-0.39, 0.29) is 30.9 Å². The number of nitrogens with one attached hydrogen (secondary N) is 1. The summed E-state index contributed by atoms with van der Waals surface area (Å²) in [4.78, 5) is 41.1. The molecule has 3 aromatic heterocycles. The summed E-state index contributed by atoms with van der Waals surface area (Å²) in [5.74, 6) is -2.03. The Kier molecular flexibility index (Phi) is 10.3. The van der Waals surface area contributed by atoms with Crippen LogP contribution in [0.25, 0.3) is 16.8 Å². The third-order valence-electron chi connectivity index (χ3n) is 7.89. The zero-order chi connectivity index (χ0) is 33.9. The number of carbonyl (C=O) groups is 2. The van der Waals surface area contributed by atoms with Gasteiger partial charge in [-0.2, -0.15) is 13.2 Å². The van der Waals surface area contributed by atoms with Crippen molar-refractivity contribution in [3.8, 4) is 11.1 Å². The molecule has 0 fully saturated rings. The lowest BCUT2D eigenvalue weighted by atomic mass is 9.94. The lowest BCUT2D eigenvalue weighted by Crippen LogP contribution is -2.40. The number of aromatic nitrogens is 4. The number of pyridine rings is 2. The first-order valence-corrected chi connectivity index (χ1v) is 15.0. The molecule has 0 saturated heterocycles. The van der Waals surface area contributed by atoms with Gasteiger partial charge in [-0.05, 0) is 80.6 Å². The van der Waals surface area contributed by atoms with Gasteiger partial charge < -0.3 is 19.9 Å². The Bertz CT molecular complexity index is 1770. The maximum absolute atomic E-state index is 14.1. The molecule has 10 nitrogen and oxygen atoms in total. The molecule has 4 aromatic rings. The highest BCUT2D eigenvalue weighted by atomic mass is 19.4. The minimum atomic E-state index is -4.76. The van der Waals surface area contributed by atoms with E-state index in [4.69, 9.17) is 0 Å². The number of carbonyl (C=O) groups excluding carboxylic acids is 1. The van der Waals surface area contributed by atoms with Gasteiger partial charge in [0.05, 0.1) is 18.0 Å². The third kappa shape index (κ3) is 7.82. The number of carboxylic acid groups (broad SMARTS) is 1. The molecule has 0 aliphatic rings. The number of benzene rings is 1. The molecule has 246 valence electrons. The summed E-state index contributed by atoms with van der Waals surface area (Å²) < 4.78 is 44.5. The molecule has 0 aliphatic carbocycles. The van der Waals surface area contributed by atoms with E-state index in [2.05, 4.69) is 15.5 Å². The zero-order valence-electron chi connectivity index (χ0n) is 26.7. The number of nitrogens with zero attached hydrogens (tertiary/aromatic N) is 5. The summed E-state index contributed by atoms with van der Waals surface area (Å²) >= 11 is 0. The van der Waals surface area contributed by atoms with Gasteiger partial charge in [0.1, 0.15) is 12.4 Å². The number of rotatable bonds is 12. The summed E-state index contributed by atoms with van der Waals surface area (Å²) in [6.45, 7) is 7.85. The fourth-order valence-electron chi connectivity index (χ4n) is 5.74. The Balaban J connectivity index is 1.82. The van der Waals surface area contributed by atoms with Crippen molar-refractivity contribution >= 4 is 17.5 Å². The number of fused-ring (bicyclic) bond motifs is 1. The van der Waals surface area contributed by atoms with Crippen molar-refractivity contribution in [1.29, 1.82) is 0 Å². The predicted molar refractivity (Wildman–Crippen MR) is 167 cm³/mol. The van der Waals surface area contributed by atoms with Crippen LogP contribution in [0.5, 0.6) is 0 Å². The lowest BCUT2D eigenvalue weighted by Gasteiger charge is -2.26. The zero-order valence-corrected chi connectivity index (χ0v) is 26.7. The molecule has 0 saturated carbocycles. The van der Waals surface area contributed by atoms with Gasteiger partial charge in [0.25, 0.3) is 5.56 Å². The van der Waals surface area contributed by atoms with E-state index in [0.717, 1.165) is 33.0 Å². The molecule has 46 heavy (non-hydrogen) atoms. The van der Waals surface area contributed by atoms with Crippen molar-refractivity contribution in [1.82, 2.24) is 29.4 Å². The van der Waals surface area contributed by atoms with Gasteiger partial charge in [-0.3, -0.25) is 18.8 Å². The molecular formula is C33H39F3N6O4. The van der Waals surface area contributed by atoms with Crippen LogP contribution in [-0.4, -0.2) is 61.7 Å². The first-order chi connectivity index (χ1) is 21.6. The van der Waals surface area contributed by atoms with Gasteiger partial charge in [-0.25, -0.2) is 0 Å². The van der Waals surface area contributed by atoms with Crippen LogP contribution in [0.4, 0.5) is 13.2 Å². The molecule has 1 aromatic carbocycles. The van der Waals surface area contributed by atoms with Crippen molar-refractivity contribution in [2.24, 2.45) is 5.92 Å². The predicted octanol–water partition coefficient (Wildman–Crippen LogP) is 5.22. The Morgan fingerprint density at radius 3 is 2.35 bits per heavy atom. The first kappa shape index (κ1) is 34.4. The fraction of sp³-hybridized carbons (Fsp3) is 0.424. The van der Waals surface area contributed by atoms with Crippen LogP contribution in [0.2, 0.25) is 0 Å². The van der Waals surface area contributed by atoms with E-state index < -0.39 is 47.7 Å². The van der Waals surface area contributed by atoms with Crippen molar-refractivity contribution in [2.75, 3.05) is 20.6 Å². The highest BCUT2D eigenvalue weighted by Crippen LogP contribution is 2.34. The molecule has 0 bridgehead atoms. The lowest BCUT2D eigenvalue weighted by molar-refractivity contribution is -0.139. The minimum absolute atomic E-state index is 0.00421. The maximum Gasteiger partial charge on any atom is 0.416 e. The maximum atomic E-state index is 14.1. The SMILES string of the molecule is Cc1cccc(C)c1-c1cc(C(CC(=O)O)NC(=O)C(CC(C)C)n2cc(CCN(C)C)c(C(F)(F)F)cc2=O)c2nncn2c1. The molecule has 4 rings (SSSR count). The number of aliphatic carboxylic acids is 1. The van der Waals surface area contributed by atoms with Crippen LogP contribution >= 0.6 is 0 Å². The Labute approximate surface area is 264 Å². The summed E-state index contributed by atoms with van der Waals surface area (Å²) in [6, 6.07) is 5.85. The molecule has 2 atom stereocenters. The molecule has 3 heterocycles. The summed E-state index contributed by atoms with van der Waals surface area (Å²) in [7, 11) is 3.45. The number of hydrogen-bond donors (Lipinski definition) is 2. The van der Waals surface area contributed by atoms with Crippen LogP contribution in [0, 0.1) is 19.8 Å². The molecule has 1 amide bonds. The monoisotopic (exact) mass is 640 g/mol. The Morgan fingerprint density at radius 1 is 1.09 bits per heavy atom. The first-order valence-electron chi connectivity index (χ1n) is 15.0. The Morgan fingerprint density at radius 2 is 1.76 bits per heavy atom. The molecule has 0 aliphatic heterocycles. The highest BCUT2D eigenvalue weighted by Gasteiger charge is 2.36. The quantitative estimate of drug-likeness (QED) is 0.218. The number of hydrogen-bond acceptors (Lipinski definition) is 6. The van der Waals surface area contributed by atoms with E-state index in [9.17, 15) is 32.7 Å². The number of halogens is 3. The molecule has 0 spiro atoms. The van der Waals surface area contributed by atoms with Crippen LogP contribution in [0.3, 0.4) is 0 Å². The van der Waals surface area contributed by atoms with Crippen molar-refractivity contribution < 1.29 is 27.9 Å². The smallest absolute Gasteiger partial charge is 0.416 e. The average Bonchev–Trinajstić information content (AvgIpc) is 3.42. The topological polar surface area (TPSA) is 122 Å². The van der Waals surface area contributed by atoms with E-state index in [1.807, 2.05) is 52.1 Å². The van der Waals surface area contributed by atoms with Gasteiger partial charge in [0, 0.05) is 30.6 Å². The van der Waals surface area contributed by atoms with Crippen molar-refractivity contribution in [3.63, 3.8) is 0 Å². The molecular weight excluding hydrogens is 601 g/mol. The number of carboxylic acids is 1. The number of amides is 1. The van der Waals surface area contributed by atoms with Gasteiger partial charge in [-0.1, -0.05) is 32.0 Å². The van der Waals surface area contributed by atoms with E-state index >= 15 is 0 Å². The Hall–Kier alpha value is -4.52. The van der Waals surface area contributed by atoms with Gasteiger partial charge in [-0.15, -0.1) is 10.2 Å².